The van der Waals surface area contributed by atoms with Crippen molar-refractivity contribution in [3.05, 3.63) is 54.1 Å². The summed E-state index contributed by atoms with van der Waals surface area (Å²) in [6.07, 6.45) is 18.8. The Kier molecular flexibility index (Phi) is 9.93. The quantitative estimate of drug-likeness (QED) is 0.284. The molecule has 1 aromatic carbocycles. The zero-order valence-corrected chi connectivity index (χ0v) is 21.5. The molecule has 0 bridgehead atoms. The molecule has 2 saturated carbocycles. The fraction of sp³-hybridized carbons (Fsp3) is 0.615. The summed E-state index contributed by atoms with van der Waals surface area (Å²) < 4.78 is 48.5. The monoisotopic (exact) mass is 516 g/mol. The SMILES string of the molecule is COc1ccccc1C1(S(=O)(=O)O)C=CC=CC1(OC)P(C1CCCCC1)C1CCCCC1.[NaH]. The molecule has 3 aliphatic carbocycles. The van der Waals surface area contributed by atoms with Crippen LogP contribution < -0.4 is 4.74 Å². The maximum atomic E-state index is 13.6. The van der Waals surface area contributed by atoms with E-state index >= 15 is 0 Å². The summed E-state index contributed by atoms with van der Waals surface area (Å²) in [5, 5.41) is -1.18. The van der Waals surface area contributed by atoms with Gasteiger partial charge in [-0.3, -0.25) is 4.55 Å². The van der Waals surface area contributed by atoms with Gasteiger partial charge in [0.15, 0.2) is 4.75 Å². The Labute approximate surface area is 228 Å². The van der Waals surface area contributed by atoms with Crippen molar-refractivity contribution in [2.45, 2.75) is 85.6 Å². The number of hydrogen-bond acceptors (Lipinski definition) is 4. The Balaban J connectivity index is 0.00000324. The van der Waals surface area contributed by atoms with Gasteiger partial charge in [0, 0.05) is 12.7 Å². The van der Waals surface area contributed by atoms with Crippen molar-refractivity contribution >= 4 is 47.6 Å². The zero-order valence-electron chi connectivity index (χ0n) is 19.8. The standard InChI is InChI=1S/C26H37O5PS.Na.H/c1-30-24-18-10-9-17-23(24)25(33(27,28)29)19-11-12-20-26(25,31-2)32(21-13-5-3-6-14-21)22-15-7-4-8-16-22;;/h9-12,17-22H,3-8,13-16H2,1-2H3,(H,27,28,29);;. The Morgan fingerprint density at radius 3 is 1.91 bits per heavy atom. The van der Waals surface area contributed by atoms with E-state index in [9.17, 15) is 13.0 Å². The Hall–Kier alpha value is -0.200. The van der Waals surface area contributed by atoms with Crippen LogP contribution in [0, 0.1) is 0 Å². The van der Waals surface area contributed by atoms with Gasteiger partial charge in [0.25, 0.3) is 10.1 Å². The molecule has 1 N–H and O–H groups in total. The number of ether oxygens (including phenoxy) is 2. The summed E-state index contributed by atoms with van der Waals surface area (Å²) >= 11 is 0. The summed E-state index contributed by atoms with van der Waals surface area (Å²) in [5.41, 5.74) is 1.25. The van der Waals surface area contributed by atoms with Gasteiger partial charge < -0.3 is 9.47 Å². The normalized spacial score (nSPS) is 28.6. The molecule has 8 heteroatoms. The molecule has 0 saturated heterocycles. The predicted octanol–water partition coefficient (Wildman–Crippen LogP) is 5.75. The van der Waals surface area contributed by atoms with Crippen LogP contribution >= 0.6 is 7.92 Å². The molecule has 0 aromatic heterocycles. The molecular formula is C26H38NaO5PS. The first-order valence-corrected chi connectivity index (χ1v) is 15.1. The zero-order chi connectivity index (χ0) is 23.5. The predicted molar refractivity (Wildman–Crippen MR) is 142 cm³/mol. The molecule has 1 aromatic rings. The van der Waals surface area contributed by atoms with E-state index in [-0.39, 0.29) is 29.6 Å². The molecule has 4 rings (SSSR count). The average Bonchev–Trinajstić information content (AvgIpc) is 2.85. The number of benzene rings is 1. The molecule has 2 fully saturated rings. The van der Waals surface area contributed by atoms with Crippen molar-refractivity contribution in [3.8, 4) is 5.75 Å². The summed E-state index contributed by atoms with van der Waals surface area (Å²) in [6, 6.07) is 7.15. The second kappa shape index (κ2) is 11.9. The molecular weight excluding hydrogens is 478 g/mol. The molecule has 3 aliphatic rings. The van der Waals surface area contributed by atoms with Gasteiger partial charge in [-0.25, -0.2) is 0 Å². The molecule has 0 spiro atoms. The van der Waals surface area contributed by atoms with E-state index in [1.807, 2.05) is 18.2 Å². The molecule has 0 radical (unpaired) electrons. The molecule has 2 unspecified atom stereocenters. The van der Waals surface area contributed by atoms with Crippen LogP contribution in [0.5, 0.6) is 5.75 Å². The van der Waals surface area contributed by atoms with Crippen LogP contribution in [-0.4, -0.2) is 73.4 Å². The van der Waals surface area contributed by atoms with Crippen LogP contribution in [-0.2, 0) is 19.6 Å². The van der Waals surface area contributed by atoms with E-state index in [2.05, 4.69) is 0 Å². The van der Waals surface area contributed by atoms with Gasteiger partial charge in [-0.15, -0.1) is 0 Å². The van der Waals surface area contributed by atoms with E-state index in [4.69, 9.17) is 9.47 Å². The van der Waals surface area contributed by atoms with Crippen molar-refractivity contribution in [3.63, 3.8) is 0 Å². The fourth-order valence-corrected chi connectivity index (χ4v) is 12.9. The Morgan fingerprint density at radius 2 is 1.41 bits per heavy atom. The van der Waals surface area contributed by atoms with Crippen LogP contribution in [0.3, 0.4) is 0 Å². The number of hydrogen-bond donors (Lipinski definition) is 1. The van der Waals surface area contributed by atoms with E-state index < -0.39 is 28.1 Å². The van der Waals surface area contributed by atoms with Crippen molar-refractivity contribution in [2.24, 2.45) is 0 Å². The number of para-hydroxylation sites is 1. The molecule has 0 aliphatic heterocycles. The number of allylic oxidation sites excluding steroid dienone is 2. The molecule has 0 heterocycles. The minimum absolute atomic E-state index is 0. The first kappa shape index (κ1) is 28.4. The molecule has 0 amide bonds. The second-order valence-electron chi connectivity index (χ2n) is 9.52. The van der Waals surface area contributed by atoms with Crippen molar-refractivity contribution in [1.29, 1.82) is 0 Å². The van der Waals surface area contributed by atoms with Gasteiger partial charge in [-0.1, -0.05) is 82.9 Å². The van der Waals surface area contributed by atoms with Crippen molar-refractivity contribution < 1.29 is 22.4 Å². The second-order valence-corrected chi connectivity index (χ2v) is 14.1. The van der Waals surface area contributed by atoms with E-state index in [1.165, 1.54) is 38.5 Å². The van der Waals surface area contributed by atoms with Crippen molar-refractivity contribution in [1.82, 2.24) is 0 Å². The molecule has 5 nitrogen and oxygen atoms in total. The number of methoxy groups -OCH3 is 2. The van der Waals surface area contributed by atoms with Gasteiger partial charge in [0.1, 0.15) is 11.1 Å². The molecule has 34 heavy (non-hydrogen) atoms. The third-order valence-corrected chi connectivity index (χ3v) is 13.5. The van der Waals surface area contributed by atoms with Crippen LogP contribution in [0.2, 0.25) is 0 Å². The molecule has 184 valence electrons. The summed E-state index contributed by atoms with van der Waals surface area (Å²) in [6.45, 7) is 0. The Morgan fingerprint density at radius 1 is 0.882 bits per heavy atom. The van der Waals surface area contributed by atoms with Crippen LogP contribution in [0.15, 0.2) is 48.6 Å². The van der Waals surface area contributed by atoms with Gasteiger partial charge in [-0.2, -0.15) is 8.42 Å². The third-order valence-electron chi connectivity index (χ3n) is 7.84. The summed E-state index contributed by atoms with van der Waals surface area (Å²) in [7, 11) is -2.42. The number of rotatable bonds is 7. The molecule has 2 atom stereocenters. The first-order valence-electron chi connectivity index (χ1n) is 12.2. The van der Waals surface area contributed by atoms with Crippen molar-refractivity contribution in [2.75, 3.05) is 14.2 Å². The minimum atomic E-state index is -4.64. The van der Waals surface area contributed by atoms with E-state index in [1.54, 1.807) is 44.6 Å². The summed E-state index contributed by atoms with van der Waals surface area (Å²) in [5.74, 6) is 0.443. The topological polar surface area (TPSA) is 72.8 Å². The van der Waals surface area contributed by atoms with Gasteiger partial charge in [0.2, 0.25) is 0 Å². The first-order chi connectivity index (χ1) is 15.9. The Bertz CT molecular complexity index is 967. The fourth-order valence-electron chi connectivity index (χ4n) is 6.43. The van der Waals surface area contributed by atoms with Crippen LogP contribution in [0.1, 0.15) is 69.8 Å². The summed E-state index contributed by atoms with van der Waals surface area (Å²) in [4.78, 5) is 0. The third kappa shape index (κ3) is 4.86. The average molecular weight is 517 g/mol. The van der Waals surface area contributed by atoms with Gasteiger partial charge in [0.05, 0.1) is 7.11 Å². The van der Waals surface area contributed by atoms with Crippen LogP contribution in [0.4, 0.5) is 0 Å². The van der Waals surface area contributed by atoms with E-state index in [0.717, 1.165) is 25.7 Å². The van der Waals surface area contributed by atoms with Gasteiger partial charge >= 0.3 is 29.6 Å². The maximum absolute atomic E-state index is 13.6. The van der Waals surface area contributed by atoms with Crippen LogP contribution in [0.25, 0.3) is 0 Å². The van der Waals surface area contributed by atoms with Gasteiger partial charge in [-0.05, 0) is 49.1 Å². The van der Waals surface area contributed by atoms with E-state index in [0.29, 0.717) is 22.6 Å².